The van der Waals surface area contributed by atoms with Gasteiger partial charge in [-0.25, -0.2) is 0 Å². The lowest BCUT2D eigenvalue weighted by atomic mass is 9.61. The van der Waals surface area contributed by atoms with Gasteiger partial charge >= 0.3 is 0 Å². The van der Waals surface area contributed by atoms with Crippen molar-refractivity contribution in [2.75, 3.05) is 6.61 Å². The zero-order valence-corrected chi connectivity index (χ0v) is 31.4. The van der Waals surface area contributed by atoms with E-state index in [-0.39, 0.29) is 5.41 Å². The molecule has 2 aliphatic carbocycles. The number of hydrogen-bond acceptors (Lipinski definition) is 4. The Morgan fingerprint density at radius 2 is 1.78 bits per heavy atom. The van der Waals surface area contributed by atoms with Gasteiger partial charge in [0.05, 0.1) is 18.5 Å². The maximum Gasteiger partial charge on any atom is 0.155 e. The van der Waals surface area contributed by atoms with Crippen LogP contribution in [0, 0.1) is 29.1 Å². The highest BCUT2D eigenvalue weighted by atomic mass is 16.5. The van der Waals surface area contributed by atoms with Gasteiger partial charge in [0.25, 0.3) is 0 Å². The van der Waals surface area contributed by atoms with Crippen LogP contribution in [-0.2, 0) is 9.53 Å². The molecular weight excluding hydrogens is 554 g/mol. The number of hydrogen-bond donors (Lipinski definition) is 2. The van der Waals surface area contributed by atoms with Crippen LogP contribution in [0.25, 0.3) is 0 Å². The Balaban J connectivity index is 0.00000496. The second-order valence-corrected chi connectivity index (χ2v) is 14.6. The third-order valence-corrected chi connectivity index (χ3v) is 11.0. The van der Waals surface area contributed by atoms with Gasteiger partial charge in [-0.05, 0) is 114 Å². The lowest BCUT2D eigenvalue weighted by Crippen LogP contribution is -2.47. The van der Waals surface area contributed by atoms with Crippen LogP contribution in [-0.4, -0.2) is 35.2 Å². The first-order valence-corrected chi connectivity index (χ1v) is 18.7. The first-order valence-electron chi connectivity index (χ1n) is 18.7. The minimum absolute atomic E-state index is 0.266. The van der Waals surface area contributed by atoms with E-state index in [0.717, 1.165) is 51.4 Å². The zero-order chi connectivity index (χ0) is 34.0. The first-order chi connectivity index (χ1) is 21.4. The molecule has 6 atom stereocenters. The van der Waals surface area contributed by atoms with Crippen molar-refractivity contribution in [3.05, 3.63) is 47.8 Å². The summed E-state index contributed by atoms with van der Waals surface area (Å²) in [5.74, 6) is 2.50. The van der Waals surface area contributed by atoms with Gasteiger partial charge in [0.15, 0.2) is 5.78 Å². The predicted octanol–water partition coefficient (Wildman–Crippen LogP) is 10.9. The van der Waals surface area contributed by atoms with Crippen molar-refractivity contribution in [3.8, 4) is 0 Å². The van der Waals surface area contributed by atoms with E-state index in [0.29, 0.717) is 54.6 Å². The summed E-state index contributed by atoms with van der Waals surface area (Å²) in [4.78, 5) is 12.3. The fourth-order valence-electron chi connectivity index (χ4n) is 7.96. The number of ketones is 1. The van der Waals surface area contributed by atoms with Gasteiger partial charge in [0.1, 0.15) is 0 Å². The number of carbonyl (C=O) groups excluding carboxylic acids is 1. The number of nitrogens with one attached hydrogen (secondary N) is 1. The molecule has 2 aliphatic rings. The summed E-state index contributed by atoms with van der Waals surface area (Å²) in [6, 6.07) is 0.904. The molecule has 0 amide bonds. The molecule has 0 aromatic rings. The van der Waals surface area contributed by atoms with Crippen LogP contribution in [0.2, 0.25) is 0 Å². The van der Waals surface area contributed by atoms with Crippen LogP contribution in [0.4, 0.5) is 0 Å². The molecule has 0 aliphatic heterocycles. The minimum Gasteiger partial charge on any atom is -0.501 e. The van der Waals surface area contributed by atoms with E-state index in [2.05, 4.69) is 72.0 Å². The van der Waals surface area contributed by atoms with Crippen LogP contribution in [0.3, 0.4) is 0 Å². The van der Waals surface area contributed by atoms with E-state index in [1.807, 2.05) is 39.8 Å². The van der Waals surface area contributed by atoms with Gasteiger partial charge in [0, 0.05) is 23.9 Å². The summed E-state index contributed by atoms with van der Waals surface area (Å²) >= 11 is 0. The second kappa shape index (κ2) is 21.3. The van der Waals surface area contributed by atoms with Gasteiger partial charge in [-0.1, -0.05) is 97.6 Å². The van der Waals surface area contributed by atoms with E-state index >= 15 is 0 Å². The maximum absolute atomic E-state index is 12.3. The molecule has 4 heteroatoms. The highest BCUT2D eigenvalue weighted by Crippen LogP contribution is 2.49. The van der Waals surface area contributed by atoms with Crippen molar-refractivity contribution in [2.45, 2.75) is 171 Å². The largest absolute Gasteiger partial charge is 0.501 e. The maximum atomic E-state index is 12.3. The quantitative estimate of drug-likeness (QED) is 0.0729. The molecule has 0 aromatic carbocycles. The van der Waals surface area contributed by atoms with Gasteiger partial charge < -0.3 is 15.2 Å². The van der Waals surface area contributed by atoms with Crippen LogP contribution < -0.4 is 5.32 Å². The van der Waals surface area contributed by atoms with Gasteiger partial charge in [-0.2, -0.15) is 0 Å². The first kappa shape index (κ1) is 41.4. The van der Waals surface area contributed by atoms with Crippen LogP contribution in [0.15, 0.2) is 47.8 Å². The highest BCUT2D eigenvalue weighted by Gasteiger charge is 2.45. The zero-order valence-electron chi connectivity index (χ0n) is 31.4. The van der Waals surface area contributed by atoms with Crippen molar-refractivity contribution in [1.29, 1.82) is 0 Å². The Bertz CT molecular complexity index is 952. The van der Waals surface area contributed by atoms with Crippen molar-refractivity contribution >= 4 is 5.78 Å². The summed E-state index contributed by atoms with van der Waals surface area (Å²) in [5.41, 5.74) is 1.79. The topological polar surface area (TPSA) is 58.6 Å². The molecule has 0 aromatic heterocycles. The number of aliphatic hydroxyl groups is 1. The summed E-state index contributed by atoms with van der Waals surface area (Å²) in [5, 5.41) is 15.1. The van der Waals surface area contributed by atoms with E-state index in [1.165, 1.54) is 30.4 Å². The summed E-state index contributed by atoms with van der Waals surface area (Å²) in [6.07, 6.45) is 25.1. The van der Waals surface area contributed by atoms with Crippen LogP contribution >= 0.6 is 0 Å². The van der Waals surface area contributed by atoms with Crippen molar-refractivity contribution in [1.82, 2.24) is 5.32 Å². The Morgan fingerprint density at radius 3 is 2.38 bits per heavy atom. The monoisotopic (exact) mass is 628 g/mol. The smallest absolute Gasteiger partial charge is 0.155 e. The lowest BCUT2D eigenvalue weighted by Gasteiger charge is -2.47. The number of fused-ring (bicyclic) bond motifs is 1. The fraction of sp³-hybridized carbons (Fsp3) is 0.780. The molecule has 2 N–H and O–H groups in total. The van der Waals surface area contributed by atoms with Crippen LogP contribution in [0.5, 0.6) is 0 Å². The average molecular weight is 628 g/mol. The Kier molecular flexibility index (Phi) is 19.6. The molecule has 1 saturated carbocycles. The molecule has 4 nitrogen and oxygen atoms in total. The normalized spacial score (nSPS) is 24.3. The third kappa shape index (κ3) is 13.2. The Labute approximate surface area is 279 Å². The Hall–Kier alpha value is -1.65. The highest BCUT2D eigenvalue weighted by molar-refractivity contribution is 5.90. The van der Waals surface area contributed by atoms with E-state index in [1.54, 1.807) is 6.26 Å². The van der Waals surface area contributed by atoms with Crippen molar-refractivity contribution in [2.24, 2.45) is 29.1 Å². The summed E-state index contributed by atoms with van der Waals surface area (Å²) < 4.78 is 5.98. The molecule has 45 heavy (non-hydrogen) atoms. The fourth-order valence-corrected chi connectivity index (χ4v) is 7.96. The van der Waals surface area contributed by atoms with Crippen molar-refractivity contribution in [3.63, 3.8) is 0 Å². The van der Waals surface area contributed by atoms with Gasteiger partial charge in [0.2, 0.25) is 0 Å². The van der Waals surface area contributed by atoms with Gasteiger partial charge in [-0.3, -0.25) is 4.79 Å². The SMILES string of the molecule is C/C=C(\CC=C/C=C/OCCC(C)(C(C)CC1CCCC2=CC(=O)CCCC2C1CC)C(C)(C)O)C(CCC)NC(C)C.CC. The molecule has 0 saturated heterocycles. The average Bonchev–Trinajstić information content (AvgIpc) is 3.26. The molecule has 1 fully saturated rings. The van der Waals surface area contributed by atoms with E-state index in [4.69, 9.17) is 4.74 Å². The van der Waals surface area contributed by atoms with Crippen molar-refractivity contribution < 1.29 is 14.6 Å². The van der Waals surface area contributed by atoms with E-state index < -0.39 is 5.60 Å². The lowest BCUT2D eigenvalue weighted by molar-refractivity contribution is -0.114. The molecule has 6 unspecified atom stereocenters. The molecular formula is C41H73NO3. The van der Waals surface area contributed by atoms with Crippen LogP contribution in [0.1, 0.15) is 153 Å². The molecule has 0 bridgehead atoms. The number of allylic oxidation sites excluding steroid dienone is 6. The number of rotatable bonds is 17. The molecule has 0 radical (unpaired) electrons. The predicted molar refractivity (Wildman–Crippen MR) is 195 cm³/mol. The summed E-state index contributed by atoms with van der Waals surface area (Å²) in [6.45, 7) is 24.3. The summed E-state index contributed by atoms with van der Waals surface area (Å²) in [7, 11) is 0. The Morgan fingerprint density at radius 1 is 1.09 bits per heavy atom. The third-order valence-electron chi connectivity index (χ3n) is 11.0. The number of carbonyl (C=O) groups is 1. The molecule has 2 rings (SSSR count). The minimum atomic E-state index is -0.812. The molecule has 260 valence electrons. The standard InChI is InChI=1S/C39H67NO3.C2H6/c1-10-18-37(40-29(4)5)31(11-2)19-14-13-15-25-43-26-24-39(9,38(7,8)42)30(6)27-32-20-16-21-33-28-34(41)22-17-23-36(33)35(32)12-3;1-2/h11,13-15,25,28-30,32,35-37,40,42H,10,12,16-24,26-27H2,1-9H3;1-2H3/b14-13?,25-15+,31-11+;. The number of ether oxygens (including phenoxy) is 1. The molecule has 0 heterocycles. The second-order valence-electron chi connectivity index (χ2n) is 14.6. The molecule has 0 spiro atoms. The van der Waals surface area contributed by atoms with E-state index in [9.17, 15) is 9.90 Å². The van der Waals surface area contributed by atoms with Gasteiger partial charge in [-0.15, -0.1) is 0 Å².